The number of carboxylic acids is 1. The summed E-state index contributed by atoms with van der Waals surface area (Å²) in [5.41, 5.74) is 0.968. The van der Waals surface area contributed by atoms with Gasteiger partial charge in [0.2, 0.25) is 5.91 Å². The Hall–Kier alpha value is -2.50. The highest BCUT2D eigenvalue weighted by Crippen LogP contribution is 2.28. The lowest BCUT2D eigenvalue weighted by Crippen LogP contribution is -2.42. The summed E-state index contributed by atoms with van der Waals surface area (Å²) in [7, 11) is 3.02. The molecule has 0 saturated heterocycles. The van der Waals surface area contributed by atoms with Crippen LogP contribution in [0.3, 0.4) is 0 Å². The van der Waals surface area contributed by atoms with Crippen molar-refractivity contribution in [3.63, 3.8) is 0 Å². The number of carbonyl (C=O) groups is 2. The van der Waals surface area contributed by atoms with Crippen molar-refractivity contribution >= 4 is 11.9 Å². The molecule has 6 heteroatoms. The Morgan fingerprint density at radius 3 is 2.38 bits per heavy atom. The molecule has 0 aliphatic carbocycles. The van der Waals surface area contributed by atoms with Crippen molar-refractivity contribution in [1.82, 2.24) is 5.32 Å². The van der Waals surface area contributed by atoms with Gasteiger partial charge in [-0.3, -0.25) is 4.79 Å². The summed E-state index contributed by atoms with van der Waals surface area (Å²) in [5, 5.41) is 11.6. The van der Waals surface area contributed by atoms with Gasteiger partial charge >= 0.3 is 5.97 Å². The largest absolute Gasteiger partial charge is 0.493 e. The van der Waals surface area contributed by atoms with Gasteiger partial charge in [-0.25, -0.2) is 4.79 Å². The fourth-order valence-electron chi connectivity index (χ4n) is 1.72. The average Bonchev–Trinajstić information content (AvgIpc) is 2.45. The number of carbonyl (C=O) groups excluding carboxylic acids is 1. The number of methoxy groups -OCH3 is 2. The second-order valence-corrected chi connectivity index (χ2v) is 4.54. The van der Waals surface area contributed by atoms with Crippen molar-refractivity contribution in [2.45, 2.75) is 19.4 Å². The Kier molecular flexibility index (Phi) is 5.78. The van der Waals surface area contributed by atoms with Crippen LogP contribution in [-0.4, -0.2) is 37.2 Å². The SMILES string of the molecule is C=C(C)C(=O)NC(Cc1ccc(OC)c(OC)c1)C(=O)O. The van der Waals surface area contributed by atoms with Crippen LogP contribution in [0.5, 0.6) is 11.5 Å². The second kappa shape index (κ2) is 7.33. The van der Waals surface area contributed by atoms with E-state index in [9.17, 15) is 14.7 Å². The zero-order chi connectivity index (χ0) is 16.0. The maximum Gasteiger partial charge on any atom is 0.326 e. The van der Waals surface area contributed by atoms with Gasteiger partial charge in [0, 0.05) is 12.0 Å². The fraction of sp³-hybridized carbons (Fsp3) is 0.333. The first-order valence-electron chi connectivity index (χ1n) is 6.29. The monoisotopic (exact) mass is 293 g/mol. The minimum Gasteiger partial charge on any atom is -0.493 e. The Bertz CT molecular complexity index is 553. The highest BCUT2D eigenvalue weighted by Gasteiger charge is 2.21. The smallest absolute Gasteiger partial charge is 0.326 e. The summed E-state index contributed by atoms with van der Waals surface area (Å²) < 4.78 is 10.3. The van der Waals surface area contributed by atoms with Gasteiger partial charge < -0.3 is 19.9 Å². The molecule has 0 aliphatic rings. The molecule has 0 heterocycles. The number of benzene rings is 1. The normalized spacial score (nSPS) is 11.4. The Morgan fingerprint density at radius 1 is 1.29 bits per heavy atom. The van der Waals surface area contributed by atoms with E-state index in [0.717, 1.165) is 0 Å². The van der Waals surface area contributed by atoms with Crippen molar-refractivity contribution in [2.24, 2.45) is 0 Å². The quantitative estimate of drug-likeness (QED) is 0.742. The van der Waals surface area contributed by atoms with Gasteiger partial charge in [-0.05, 0) is 24.6 Å². The average molecular weight is 293 g/mol. The summed E-state index contributed by atoms with van der Waals surface area (Å²) in [6.45, 7) is 5.00. The van der Waals surface area contributed by atoms with E-state index in [2.05, 4.69) is 11.9 Å². The number of nitrogens with one attached hydrogen (secondary N) is 1. The summed E-state index contributed by atoms with van der Waals surface area (Å²) in [6.07, 6.45) is 0.134. The van der Waals surface area contributed by atoms with Gasteiger partial charge in [0.05, 0.1) is 14.2 Å². The van der Waals surface area contributed by atoms with Crippen molar-refractivity contribution < 1.29 is 24.2 Å². The third-order valence-corrected chi connectivity index (χ3v) is 2.88. The molecule has 1 unspecified atom stereocenters. The first-order chi connectivity index (χ1) is 9.88. The summed E-state index contributed by atoms with van der Waals surface area (Å²) >= 11 is 0. The van der Waals surface area contributed by atoms with Crippen LogP contribution in [0.25, 0.3) is 0 Å². The number of rotatable bonds is 7. The molecule has 1 aromatic rings. The Labute approximate surface area is 123 Å². The molecule has 0 radical (unpaired) electrons. The van der Waals surface area contributed by atoms with Gasteiger partial charge in [0.25, 0.3) is 0 Å². The van der Waals surface area contributed by atoms with E-state index in [1.807, 2.05) is 0 Å². The molecule has 1 rings (SSSR count). The summed E-state index contributed by atoms with van der Waals surface area (Å²) in [5.74, 6) is -0.535. The van der Waals surface area contributed by atoms with Crippen LogP contribution >= 0.6 is 0 Å². The maximum absolute atomic E-state index is 11.6. The number of carboxylic acid groups (broad SMARTS) is 1. The Balaban J connectivity index is 2.91. The fourth-order valence-corrected chi connectivity index (χ4v) is 1.72. The van der Waals surface area contributed by atoms with Crippen LogP contribution in [0, 0.1) is 0 Å². The molecule has 114 valence electrons. The minimum absolute atomic E-state index is 0.134. The van der Waals surface area contributed by atoms with Crippen LogP contribution in [-0.2, 0) is 16.0 Å². The van der Waals surface area contributed by atoms with Crippen molar-refractivity contribution in [2.75, 3.05) is 14.2 Å². The standard InChI is InChI=1S/C15H19NO5/c1-9(2)14(17)16-11(15(18)19)7-10-5-6-12(20-3)13(8-10)21-4/h5-6,8,11H,1,7H2,2-4H3,(H,16,17)(H,18,19). The van der Waals surface area contributed by atoms with Gasteiger partial charge in [0.15, 0.2) is 11.5 Å². The van der Waals surface area contributed by atoms with Crippen LogP contribution in [0.1, 0.15) is 12.5 Å². The highest BCUT2D eigenvalue weighted by atomic mass is 16.5. The molecule has 6 nitrogen and oxygen atoms in total. The second-order valence-electron chi connectivity index (χ2n) is 4.54. The number of ether oxygens (including phenoxy) is 2. The molecule has 2 N–H and O–H groups in total. The van der Waals surface area contributed by atoms with Crippen LogP contribution in [0.4, 0.5) is 0 Å². The minimum atomic E-state index is -1.11. The van der Waals surface area contributed by atoms with Gasteiger partial charge in [-0.1, -0.05) is 12.6 Å². The van der Waals surface area contributed by atoms with Gasteiger partial charge in [-0.2, -0.15) is 0 Å². The van der Waals surface area contributed by atoms with E-state index in [-0.39, 0.29) is 12.0 Å². The summed E-state index contributed by atoms with van der Waals surface area (Å²) in [6, 6.07) is 4.06. The Morgan fingerprint density at radius 2 is 1.90 bits per heavy atom. The van der Waals surface area contributed by atoms with E-state index in [1.54, 1.807) is 18.2 Å². The van der Waals surface area contributed by atoms with E-state index >= 15 is 0 Å². The topological polar surface area (TPSA) is 84.9 Å². The molecule has 0 fully saturated rings. The molecule has 0 saturated carbocycles. The van der Waals surface area contributed by atoms with Crippen molar-refractivity contribution in [3.05, 3.63) is 35.9 Å². The zero-order valence-corrected chi connectivity index (χ0v) is 12.3. The molecule has 1 aromatic carbocycles. The van der Waals surface area contributed by atoms with Crippen LogP contribution in [0.15, 0.2) is 30.4 Å². The lowest BCUT2D eigenvalue weighted by Gasteiger charge is -2.16. The molecule has 21 heavy (non-hydrogen) atoms. The molecule has 1 amide bonds. The van der Waals surface area contributed by atoms with Crippen LogP contribution in [0.2, 0.25) is 0 Å². The highest BCUT2D eigenvalue weighted by molar-refractivity contribution is 5.94. The maximum atomic E-state index is 11.6. The molecule has 0 aliphatic heterocycles. The third kappa shape index (κ3) is 4.52. The predicted octanol–water partition coefficient (Wildman–Crippen LogP) is 1.39. The lowest BCUT2D eigenvalue weighted by molar-refractivity contribution is -0.141. The predicted molar refractivity (Wildman–Crippen MR) is 77.6 cm³/mol. The zero-order valence-electron chi connectivity index (χ0n) is 12.3. The summed E-state index contributed by atoms with van der Waals surface area (Å²) in [4.78, 5) is 22.8. The van der Waals surface area contributed by atoms with Crippen molar-refractivity contribution in [1.29, 1.82) is 0 Å². The number of hydrogen-bond donors (Lipinski definition) is 2. The molecule has 0 bridgehead atoms. The molecule has 0 aromatic heterocycles. The molecular formula is C15H19NO5. The molecule has 1 atom stereocenters. The number of amides is 1. The molecule has 0 spiro atoms. The van der Waals surface area contributed by atoms with Gasteiger partial charge in [-0.15, -0.1) is 0 Å². The van der Waals surface area contributed by atoms with Crippen molar-refractivity contribution in [3.8, 4) is 11.5 Å². The first kappa shape index (κ1) is 16.6. The van der Waals surface area contributed by atoms with E-state index in [4.69, 9.17) is 9.47 Å². The van der Waals surface area contributed by atoms with E-state index < -0.39 is 17.9 Å². The first-order valence-corrected chi connectivity index (χ1v) is 6.29. The molecular weight excluding hydrogens is 274 g/mol. The van der Waals surface area contributed by atoms with E-state index in [1.165, 1.54) is 21.1 Å². The third-order valence-electron chi connectivity index (χ3n) is 2.88. The number of aliphatic carboxylic acids is 1. The van der Waals surface area contributed by atoms with Gasteiger partial charge in [0.1, 0.15) is 6.04 Å². The van der Waals surface area contributed by atoms with Crippen LogP contribution < -0.4 is 14.8 Å². The van der Waals surface area contributed by atoms with E-state index in [0.29, 0.717) is 17.1 Å². The number of hydrogen-bond acceptors (Lipinski definition) is 4. The lowest BCUT2D eigenvalue weighted by atomic mass is 10.0.